The molecule has 30 heavy (non-hydrogen) atoms. The molecule has 150 valence electrons. The second kappa shape index (κ2) is 7.49. The van der Waals surface area contributed by atoms with E-state index in [1.54, 1.807) is 11.3 Å². The highest BCUT2D eigenvalue weighted by molar-refractivity contribution is 7.18. The molecular formula is C25H23N3OS. The minimum Gasteiger partial charge on any atom is -0.493 e. The van der Waals surface area contributed by atoms with Gasteiger partial charge in [0.25, 0.3) is 0 Å². The number of pyridine rings is 1. The van der Waals surface area contributed by atoms with Crippen molar-refractivity contribution in [2.75, 3.05) is 6.61 Å². The molecule has 1 unspecified atom stereocenters. The van der Waals surface area contributed by atoms with Gasteiger partial charge in [0, 0.05) is 30.9 Å². The Hall–Kier alpha value is -2.76. The summed E-state index contributed by atoms with van der Waals surface area (Å²) in [7, 11) is 0. The summed E-state index contributed by atoms with van der Waals surface area (Å²) >= 11 is 1.79. The summed E-state index contributed by atoms with van der Waals surface area (Å²) in [6.45, 7) is 1.64. The first kappa shape index (κ1) is 18.0. The largest absolute Gasteiger partial charge is 0.493 e. The van der Waals surface area contributed by atoms with Gasteiger partial charge in [-0.25, -0.2) is 4.98 Å². The Bertz CT molecular complexity index is 1200. The van der Waals surface area contributed by atoms with E-state index in [1.807, 2.05) is 24.5 Å². The Kier molecular flexibility index (Phi) is 4.51. The van der Waals surface area contributed by atoms with E-state index in [1.165, 1.54) is 44.8 Å². The fourth-order valence-corrected chi connectivity index (χ4v) is 5.20. The van der Waals surface area contributed by atoms with Crippen LogP contribution >= 0.6 is 11.3 Å². The molecule has 1 saturated carbocycles. The van der Waals surface area contributed by atoms with Crippen LogP contribution in [0.1, 0.15) is 34.9 Å². The van der Waals surface area contributed by atoms with Crippen molar-refractivity contribution >= 4 is 21.6 Å². The number of hydrogen-bond donors (Lipinski definition) is 1. The molecule has 4 nitrogen and oxygen atoms in total. The summed E-state index contributed by atoms with van der Waals surface area (Å²) in [5.41, 5.74) is 6.11. The highest BCUT2D eigenvalue weighted by Crippen LogP contribution is 2.37. The molecule has 1 fully saturated rings. The lowest BCUT2D eigenvalue weighted by Crippen LogP contribution is -2.20. The molecule has 1 atom stereocenters. The Balaban J connectivity index is 1.25. The van der Waals surface area contributed by atoms with Crippen molar-refractivity contribution in [2.24, 2.45) is 0 Å². The summed E-state index contributed by atoms with van der Waals surface area (Å²) < 4.78 is 7.34. The third kappa shape index (κ3) is 3.59. The van der Waals surface area contributed by atoms with Gasteiger partial charge in [-0.15, -0.1) is 11.3 Å². The van der Waals surface area contributed by atoms with E-state index in [0.717, 1.165) is 30.3 Å². The van der Waals surface area contributed by atoms with Crippen LogP contribution < -0.4 is 10.1 Å². The monoisotopic (exact) mass is 413 g/mol. The number of ether oxygens (including phenoxy) is 1. The van der Waals surface area contributed by atoms with Crippen LogP contribution in [0.2, 0.25) is 0 Å². The summed E-state index contributed by atoms with van der Waals surface area (Å²) in [5.74, 6) is 1.34. The molecule has 2 aromatic carbocycles. The maximum atomic E-state index is 6.11. The first-order valence-corrected chi connectivity index (χ1v) is 11.4. The fourth-order valence-electron chi connectivity index (χ4n) is 4.11. The Labute approximate surface area is 180 Å². The van der Waals surface area contributed by atoms with E-state index in [2.05, 4.69) is 46.7 Å². The first-order chi connectivity index (χ1) is 14.8. The van der Waals surface area contributed by atoms with Crippen LogP contribution in [-0.4, -0.2) is 22.6 Å². The van der Waals surface area contributed by atoms with Crippen LogP contribution in [0.5, 0.6) is 5.75 Å². The van der Waals surface area contributed by atoms with Crippen molar-refractivity contribution in [1.82, 2.24) is 15.3 Å². The lowest BCUT2D eigenvalue weighted by atomic mass is 9.95. The van der Waals surface area contributed by atoms with Crippen LogP contribution in [0, 0.1) is 0 Å². The zero-order valence-corrected chi connectivity index (χ0v) is 17.5. The van der Waals surface area contributed by atoms with Crippen LogP contribution in [0.25, 0.3) is 21.3 Å². The standard InChI is InChI=1S/C25H23N3OS/c1-6-23-19(11-16(1)14-27-21-3-4-21)12-20(15-29-23)25-28-22-5-2-18(13-24(22)30-25)17-7-9-26-10-8-17/h1-2,5-11,13,20-21,27H,3-4,12,14-15H2. The van der Waals surface area contributed by atoms with E-state index >= 15 is 0 Å². The average Bonchev–Trinajstić information content (AvgIpc) is 3.53. The highest BCUT2D eigenvalue weighted by atomic mass is 32.1. The molecule has 6 rings (SSSR count). The minimum absolute atomic E-state index is 0.311. The number of rotatable bonds is 5. The van der Waals surface area contributed by atoms with Crippen molar-refractivity contribution in [3.63, 3.8) is 0 Å². The maximum Gasteiger partial charge on any atom is 0.122 e. The number of aromatic nitrogens is 2. The van der Waals surface area contributed by atoms with E-state index in [4.69, 9.17) is 9.72 Å². The zero-order chi connectivity index (χ0) is 19.9. The quantitative estimate of drug-likeness (QED) is 0.480. The number of fused-ring (bicyclic) bond motifs is 2. The molecule has 0 amide bonds. The topological polar surface area (TPSA) is 47.0 Å². The van der Waals surface area contributed by atoms with E-state index in [0.29, 0.717) is 12.5 Å². The molecule has 2 aromatic heterocycles. The predicted octanol–water partition coefficient (Wildman–Crippen LogP) is 5.33. The minimum atomic E-state index is 0.311. The lowest BCUT2D eigenvalue weighted by Gasteiger charge is -2.24. The van der Waals surface area contributed by atoms with Crippen LogP contribution in [0.4, 0.5) is 0 Å². The third-order valence-corrected chi connectivity index (χ3v) is 7.15. The molecule has 0 radical (unpaired) electrons. The molecule has 0 bridgehead atoms. The van der Waals surface area contributed by atoms with Crippen LogP contribution in [-0.2, 0) is 13.0 Å². The Morgan fingerprint density at radius 2 is 1.90 bits per heavy atom. The number of benzene rings is 2. The van der Waals surface area contributed by atoms with E-state index < -0.39 is 0 Å². The molecule has 0 saturated heterocycles. The summed E-state index contributed by atoms with van der Waals surface area (Å²) in [6.07, 6.45) is 7.29. The third-order valence-electron chi connectivity index (χ3n) is 5.97. The normalized spacial score (nSPS) is 18.2. The molecular weight excluding hydrogens is 390 g/mol. The Morgan fingerprint density at radius 3 is 2.77 bits per heavy atom. The lowest BCUT2D eigenvalue weighted by molar-refractivity contribution is 0.262. The number of nitrogens with zero attached hydrogens (tertiary/aromatic N) is 2. The fraction of sp³-hybridized carbons (Fsp3) is 0.280. The first-order valence-electron chi connectivity index (χ1n) is 10.6. The zero-order valence-electron chi connectivity index (χ0n) is 16.7. The van der Waals surface area contributed by atoms with Gasteiger partial charge in [0.05, 0.1) is 16.8 Å². The molecule has 1 aliphatic carbocycles. The van der Waals surface area contributed by atoms with Gasteiger partial charge in [-0.2, -0.15) is 0 Å². The Morgan fingerprint density at radius 1 is 1.00 bits per heavy atom. The van der Waals surface area contributed by atoms with Gasteiger partial charge in [0.15, 0.2) is 0 Å². The van der Waals surface area contributed by atoms with E-state index in [-0.39, 0.29) is 0 Å². The van der Waals surface area contributed by atoms with Crippen molar-refractivity contribution in [2.45, 2.75) is 37.8 Å². The maximum absolute atomic E-state index is 6.11. The molecule has 1 N–H and O–H groups in total. The van der Waals surface area contributed by atoms with Crippen molar-refractivity contribution in [3.8, 4) is 16.9 Å². The summed E-state index contributed by atoms with van der Waals surface area (Å²) in [5, 5.41) is 4.77. The second-order valence-corrected chi connectivity index (χ2v) is 9.34. The number of hydrogen-bond acceptors (Lipinski definition) is 5. The van der Waals surface area contributed by atoms with Crippen molar-refractivity contribution in [1.29, 1.82) is 0 Å². The van der Waals surface area contributed by atoms with Crippen molar-refractivity contribution in [3.05, 3.63) is 77.1 Å². The predicted molar refractivity (Wildman–Crippen MR) is 121 cm³/mol. The second-order valence-electron chi connectivity index (χ2n) is 8.28. The SMILES string of the molecule is c1cc(-c2ccc3nc(C4COc5ccc(CNC6CC6)cc5C4)sc3c2)ccn1. The smallest absolute Gasteiger partial charge is 0.122 e. The molecule has 5 heteroatoms. The van der Waals surface area contributed by atoms with Gasteiger partial charge in [-0.1, -0.05) is 18.2 Å². The van der Waals surface area contributed by atoms with Gasteiger partial charge in [-0.3, -0.25) is 4.98 Å². The van der Waals surface area contributed by atoms with Crippen LogP contribution in [0.3, 0.4) is 0 Å². The summed E-state index contributed by atoms with van der Waals surface area (Å²) in [6, 6.07) is 18.0. The number of nitrogens with one attached hydrogen (secondary N) is 1. The molecule has 4 aromatic rings. The van der Waals surface area contributed by atoms with Gasteiger partial charge < -0.3 is 10.1 Å². The highest BCUT2D eigenvalue weighted by Gasteiger charge is 2.25. The molecule has 0 spiro atoms. The van der Waals surface area contributed by atoms with Gasteiger partial charge in [-0.05, 0) is 71.8 Å². The van der Waals surface area contributed by atoms with Crippen molar-refractivity contribution < 1.29 is 4.74 Å². The number of thiazole rings is 1. The van der Waals surface area contributed by atoms with E-state index in [9.17, 15) is 0 Å². The summed E-state index contributed by atoms with van der Waals surface area (Å²) in [4.78, 5) is 9.07. The van der Waals surface area contributed by atoms with Gasteiger partial charge in [0.2, 0.25) is 0 Å². The van der Waals surface area contributed by atoms with Crippen LogP contribution in [0.15, 0.2) is 60.9 Å². The molecule has 3 heterocycles. The average molecular weight is 414 g/mol. The molecule has 1 aliphatic heterocycles. The van der Waals surface area contributed by atoms with Gasteiger partial charge in [0.1, 0.15) is 10.8 Å². The van der Waals surface area contributed by atoms with Gasteiger partial charge >= 0.3 is 0 Å². The molecule has 2 aliphatic rings.